The summed E-state index contributed by atoms with van der Waals surface area (Å²) >= 11 is 11.6. The first-order chi connectivity index (χ1) is 10.4. The van der Waals surface area contributed by atoms with Gasteiger partial charge < -0.3 is 5.32 Å². The van der Waals surface area contributed by atoms with Crippen molar-refractivity contribution >= 4 is 44.9 Å². The molecule has 2 N–H and O–H groups in total. The highest BCUT2D eigenvalue weighted by Crippen LogP contribution is 2.25. The number of benzene rings is 1. The van der Waals surface area contributed by atoms with Crippen molar-refractivity contribution in [1.29, 1.82) is 0 Å². The topological polar surface area (TPSA) is 84.0 Å². The van der Waals surface area contributed by atoms with Gasteiger partial charge in [0.1, 0.15) is 5.82 Å². The summed E-state index contributed by atoms with van der Waals surface area (Å²) in [5.74, 6) is 0.701. The molecule has 0 amide bonds. The van der Waals surface area contributed by atoms with E-state index in [-0.39, 0.29) is 20.8 Å². The average molecular weight is 361 g/mol. The van der Waals surface area contributed by atoms with Crippen molar-refractivity contribution in [3.8, 4) is 0 Å². The van der Waals surface area contributed by atoms with Crippen LogP contribution in [0.5, 0.6) is 0 Å². The van der Waals surface area contributed by atoms with Crippen molar-refractivity contribution in [2.24, 2.45) is 0 Å². The van der Waals surface area contributed by atoms with Gasteiger partial charge in [0.15, 0.2) is 5.82 Å². The molecule has 0 aliphatic heterocycles. The molecule has 0 fully saturated rings. The Labute approximate surface area is 138 Å². The summed E-state index contributed by atoms with van der Waals surface area (Å²) in [4.78, 5) is -0.00288. The van der Waals surface area contributed by atoms with E-state index >= 15 is 0 Å². The van der Waals surface area contributed by atoms with Crippen LogP contribution in [0.3, 0.4) is 0 Å². The normalized spacial score (nSPS) is 11.2. The second-order valence-electron chi connectivity index (χ2n) is 4.41. The fourth-order valence-corrected chi connectivity index (χ4v) is 2.96. The Morgan fingerprint density at radius 1 is 1.05 bits per heavy atom. The second-order valence-corrected chi connectivity index (χ2v) is 6.91. The first-order valence-corrected chi connectivity index (χ1v) is 8.72. The van der Waals surface area contributed by atoms with Gasteiger partial charge in [0.2, 0.25) is 0 Å². The molecule has 0 bridgehead atoms. The van der Waals surface area contributed by atoms with Gasteiger partial charge in [-0.15, -0.1) is 10.2 Å². The number of rotatable bonds is 6. The molecule has 1 heterocycles. The summed E-state index contributed by atoms with van der Waals surface area (Å²) in [6, 6.07) is 7.23. The summed E-state index contributed by atoms with van der Waals surface area (Å²) in [7, 11) is -3.80. The summed E-state index contributed by atoms with van der Waals surface area (Å²) in [6.07, 6.45) is 0.952. The maximum atomic E-state index is 12.2. The van der Waals surface area contributed by atoms with Gasteiger partial charge in [-0.1, -0.05) is 30.1 Å². The molecule has 1 aromatic carbocycles. The zero-order chi connectivity index (χ0) is 16.2. The Kier molecular flexibility index (Phi) is 5.44. The maximum Gasteiger partial charge on any atom is 0.263 e. The third kappa shape index (κ3) is 4.22. The highest BCUT2D eigenvalue weighted by molar-refractivity contribution is 7.92. The Bertz CT molecular complexity index is 751. The minimum absolute atomic E-state index is 0.00288. The van der Waals surface area contributed by atoms with E-state index in [2.05, 4.69) is 20.2 Å². The lowest BCUT2D eigenvalue weighted by molar-refractivity contribution is 0.601. The Morgan fingerprint density at radius 3 is 2.32 bits per heavy atom. The van der Waals surface area contributed by atoms with Crippen LogP contribution >= 0.6 is 23.2 Å². The Hall–Kier alpha value is -1.57. The monoisotopic (exact) mass is 360 g/mol. The van der Waals surface area contributed by atoms with Crippen molar-refractivity contribution in [3.05, 3.63) is 40.4 Å². The van der Waals surface area contributed by atoms with Gasteiger partial charge in [-0.05, 0) is 36.8 Å². The quantitative estimate of drug-likeness (QED) is 0.824. The van der Waals surface area contributed by atoms with Gasteiger partial charge in [-0.25, -0.2) is 8.42 Å². The van der Waals surface area contributed by atoms with Crippen molar-refractivity contribution in [2.45, 2.75) is 18.2 Å². The van der Waals surface area contributed by atoms with Gasteiger partial charge in [-0.2, -0.15) is 0 Å². The molecule has 0 radical (unpaired) electrons. The molecule has 2 rings (SSSR count). The molecule has 9 heteroatoms. The van der Waals surface area contributed by atoms with Crippen LogP contribution in [0.15, 0.2) is 35.2 Å². The van der Waals surface area contributed by atoms with E-state index in [0.717, 1.165) is 13.0 Å². The molecular weight excluding hydrogens is 347 g/mol. The molecule has 0 atom stereocenters. The predicted molar refractivity (Wildman–Crippen MR) is 88.1 cm³/mol. The zero-order valence-corrected chi connectivity index (χ0v) is 14.0. The highest BCUT2D eigenvalue weighted by Gasteiger charge is 2.16. The maximum absolute atomic E-state index is 12.2. The molecule has 118 valence electrons. The smallest absolute Gasteiger partial charge is 0.263 e. The van der Waals surface area contributed by atoms with Crippen LogP contribution in [-0.4, -0.2) is 25.2 Å². The lowest BCUT2D eigenvalue weighted by Crippen LogP contribution is -2.14. The summed E-state index contributed by atoms with van der Waals surface area (Å²) in [6.45, 7) is 2.79. The van der Waals surface area contributed by atoms with Gasteiger partial charge in [0, 0.05) is 6.54 Å². The molecule has 22 heavy (non-hydrogen) atoms. The second kappa shape index (κ2) is 7.13. The minimum Gasteiger partial charge on any atom is -0.369 e. The van der Waals surface area contributed by atoms with Crippen molar-refractivity contribution in [1.82, 2.24) is 10.2 Å². The first kappa shape index (κ1) is 16.8. The fourth-order valence-electron chi connectivity index (χ4n) is 1.57. The number of anilines is 2. The molecule has 0 saturated heterocycles. The van der Waals surface area contributed by atoms with Crippen LogP contribution in [0.1, 0.15) is 13.3 Å². The van der Waals surface area contributed by atoms with Crippen LogP contribution in [0.4, 0.5) is 11.6 Å². The lowest BCUT2D eigenvalue weighted by atomic mass is 10.4. The van der Waals surface area contributed by atoms with Crippen LogP contribution < -0.4 is 10.0 Å². The minimum atomic E-state index is -3.80. The fraction of sp³-hybridized carbons (Fsp3) is 0.231. The molecule has 6 nitrogen and oxygen atoms in total. The van der Waals surface area contributed by atoms with E-state index in [1.165, 1.54) is 24.3 Å². The molecular formula is C13H14Cl2N4O2S. The van der Waals surface area contributed by atoms with Crippen LogP contribution in [0.25, 0.3) is 0 Å². The van der Waals surface area contributed by atoms with Crippen molar-refractivity contribution < 1.29 is 8.42 Å². The van der Waals surface area contributed by atoms with Crippen molar-refractivity contribution in [2.75, 3.05) is 16.6 Å². The summed E-state index contributed by atoms with van der Waals surface area (Å²) in [5.41, 5.74) is 0. The van der Waals surface area contributed by atoms with Crippen LogP contribution in [-0.2, 0) is 10.0 Å². The first-order valence-electron chi connectivity index (χ1n) is 6.48. The third-order valence-corrected chi connectivity index (χ3v) is 4.75. The summed E-state index contributed by atoms with van der Waals surface area (Å²) in [5, 5.41) is 11.2. The van der Waals surface area contributed by atoms with E-state index in [1.54, 1.807) is 6.07 Å². The average Bonchev–Trinajstić information content (AvgIpc) is 2.49. The van der Waals surface area contributed by atoms with Crippen LogP contribution in [0, 0.1) is 0 Å². The Balaban J connectivity index is 2.16. The van der Waals surface area contributed by atoms with E-state index < -0.39 is 10.0 Å². The van der Waals surface area contributed by atoms with Crippen molar-refractivity contribution in [3.63, 3.8) is 0 Å². The molecule has 0 spiro atoms. The molecule has 2 aromatic rings. The zero-order valence-electron chi connectivity index (χ0n) is 11.7. The van der Waals surface area contributed by atoms with E-state index in [4.69, 9.17) is 23.2 Å². The number of nitrogens with zero attached hydrogens (tertiary/aromatic N) is 2. The van der Waals surface area contributed by atoms with E-state index in [1.807, 2.05) is 6.92 Å². The standard InChI is InChI=1S/C13H14Cl2N4O2S/c1-2-7-16-12-5-6-13(18-17-12)19-22(20,21)9-3-4-10(14)11(15)8-9/h3-6,8H,2,7H2,1H3,(H,16,17)(H,18,19). The van der Waals surface area contributed by atoms with Gasteiger partial charge >= 0.3 is 0 Å². The third-order valence-electron chi connectivity index (χ3n) is 2.66. The Morgan fingerprint density at radius 2 is 1.73 bits per heavy atom. The lowest BCUT2D eigenvalue weighted by Gasteiger charge is -2.08. The van der Waals surface area contributed by atoms with E-state index in [9.17, 15) is 8.42 Å². The molecule has 0 aliphatic rings. The largest absolute Gasteiger partial charge is 0.369 e. The molecule has 0 unspecified atom stereocenters. The number of sulfonamides is 1. The molecule has 0 aliphatic carbocycles. The highest BCUT2D eigenvalue weighted by atomic mass is 35.5. The van der Waals surface area contributed by atoms with E-state index in [0.29, 0.717) is 5.82 Å². The van der Waals surface area contributed by atoms with Gasteiger partial charge in [0.05, 0.1) is 14.9 Å². The SMILES string of the molecule is CCCNc1ccc(NS(=O)(=O)c2ccc(Cl)c(Cl)c2)nn1. The number of nitrogens with one attached hydrogen (secondary N) is 2. The number of halogens is 2. The number of hydrogen-bond acceptors (Lipinski definition) is 5. The summed E-state index contributed by atoms with van der Waals surface area (Å²) < 4.78 is 26.8. The predicted octanol–water partition coefficient (Wildman–Crippen LogP) is 3.41. The van der Waals surface area contributed by atoms with Gasteiger partial charge in [0.25, 0.3) is 10.0 Å². The van der Waals surface area contributed by atoms with Crippen LogP contribution in [0.2, 0.25) is 10.0 Å². The molecule has 0 saturated carbocycles. The van der Waals surface area contributed by atoms with Gasteiger partial charge in [-0.3, -0.25) is 4.72 Å². The molecule has 1 aromatic heterocycles. The number of hydrogen-bond donors (Lipinski definition) is 2. The number of aromatic nitrogens is 2.